The topological polar surface area (TPSA) is 21.3 Å². The zero-order valence-corrected chi connectivity index (χ0v) is 11.3. The number of hydrogen-bond donors (Lipinski definition) is 1. The van der Waals surface area contributed by atoms with Crippen LogP contribution < -0.4 is 5.32 Å². The van der Waals surface area contributed by atoms with Crippen LogP contribution in [0.15, 0.2) is 18.2 Å². The SMILES string of the molecule is CC(NCCOC1CCCC1)c1c(F)cccc1F. The predicted octanol–water partition coefficient (Wildman–Crippen LogP) is 3.57. The number of nitrogens with one attached hydrogen (secondary N) is 1. The Morgan fingerprint density at radius 2 is 1.89 bits per heavy atom. The van der Waals surface area contributed by atoms with Crippen LogP contribution in [0.5, 0.6) is 0 Å². The molecule has 1 aromatic carbocycles. The van der Waals surface area contributed by atoms with Gasteiger partial charge in [-0.3, -0.25) is 0 Å². The van der Waals surface area contributed by atoms with Crippen molar-refractivity contribution in [1.82, 2.24) is 5.32 Å². The first kappa shape index (κ1) is 14.4. The van der Waals surface area contributed by atoms with Gasteiger partial charge in [-0.25, -0.2) is 8.78 Å². The highest BCUT2D eigenvalue weighted by Gasteiger charge is 2.17. The zero-order chi connectivity index (χ0) is 13.7. The molecule has 2 rings (SSSR count). The average molecular weight is 269 g/mol. The number of ether oxygens (including phenoxy) is 1. The van der Waals surface area contributed by atoms with Crippen LogP contribution in [0.1, 0.15) is 44.2 Å². The Bertz CT molecular complexity index is 385. The first-order valence-electron chi connectivity index (χ1n) is 6.97. The second kappa shape index (κ2) is 6.96. The van der Waals surface area contributed by atoms with E-state index in [-0.39, 0.29) is 11.6 Å². The van der Waals surface area contributed by atoms with E-state index < -0.39 is 11.6 Å². The van der Waals surface area contributed by atoms with Crippen molar-refractivity contribution in [2.75, 3.05) is 13.2 Å². The monoisotopic (exact) mass is 269 g/mol. The Morgan fingerprint density at radius 1 is 1.26 bits per heavy atom. The van der Waals surface area contributed by atoms with Crippen molar-refractivity contribution in [3.63, 3.8) is 0 Å². The van der Waals surface area contributed by atoms with Gasteiger partial charge >= 0.3 is 0 Å². The average Bonchev–Trinajstić information content (AvgIpc) is 2.87. The second-order valence-electron chi connectivity index (χ2n) is 5.09. The molecule has 4 heteroatoms. The van der Waals surface area contributed by atoms with E-state index in [1.54, 1.807) is 6.92 Å². The van der Waals surface area contributed by atoms with Gasteiger partial charge in [0.2, 0.25) is 0 Å². The summed E-state index contributed by atoms with van der Waals surface area (Å²) in [6.45, 7) is 2.95. The van der Waals surface area contributed by atoms with Gasteiger partial charge in [-0.15, -0.1) is 0 Å². The van der Waals surface area contributed by atoms with E-state index >= 15 is 0 Å². The Kier molecular flexibility index (Phi) is 5.28. The van der Waals surface area contributed by atoms with E-state index in [2.05, 4.69) is 5.32 Å². The minimum absolute atomic E-state index is 0.100. The Labute approximate surface area is 113 Å². The lowest BCUT2D eigenvalue weighted by Crippen LogP contribution is -2.26. The Morgan fingerprint density at radius 3 is 2.53 bits per heavy atom. The van der Waals surface area contributed by atoms with Gasteiger partial charge in [0, 0.05) is 18.2 Å². The van der Waals surface area contributed by atoms with Crippen molar-refractivity contribution in [2.24, 2.45) is 0 Å². The first-order chi connectivity index (χ1) is 9.18. The maximum Gasteiger partial charge on any atom is 0.130 e. The molecule has 0 saturated heterocycles. The molecule has 1 saturated carbocycles. The van der Waals surface area contributed by atoms with Crippen molar-refractivity contribution in [3.05, 3.63) is 35.4 Å². The molecule has 19 heavy (non-hydrogen) atoms. The van der Waals surface area contributed by atoms with E-state index in [9.17, 15) is 8.78 Å². The summed E-state index contributed by atoms with van der Waals surface area (Å²) in [7, 11) is 0. The van der Waals surface area contributed by atoms with Crippen molar-refractivity contribution in [2.45, 2.75) is 44.8 Å². The summed E-state index contributed by atoms with van der Waals surface area (Å²) in [4.78, 5) is 0. The fourth-order valence-corrected chi connectivity index (χ4v) is 2.58. The van der Waals surface area contributed by atoms with Gasteiger partial charge in [0.1, 0.15) is 11.6 Å². The highest BCUT2D eigenvalue weighted by Crippen LogP contribution is 2.21. The van der Waals surface area contributed by atoms with E-state index in [0.717, 1.165) is 12.8 Å². The van der Waals surface area contributed by atoms with Gasteiger partial charge in [0.05, 0.1) is 12.7 Å². The molecule has 1 unspecified atom stereocenters. The van der Waals surface area contributed by atoms with Crippen LogP contribution in [0.3, 0.4) is 0 Å². The molecule has 1 atom stereocenters. The van der Waals surface area contributed by atoms with Crippen LogP contribution in [-0.2, 0) is 4.74 Å². The summed E-state index contributed by atoms with van der Waals surface area (Å²) in [6, 6.07) is 3.59. The van der Waals surface area contributed by atoms with Crippen LogP contribution in [0.2, 0.25) is 0 Å². The number of hydrogen-bond acceptors (Lipinski definition) is 2. The minimum atomic E-state index is -0.503. The predicted molar refractivity (Wildman–Crippen MR) is 71.0 cm³/mol. The summed E-state index contributed by atoms with van der Waals surface area (Å²) in [5, 5.41) is 3.10. The summed E-state index contributed by atoms with van der Waals surface area (Å²) in [6.07, 6.45) is 5.14. The summed E-state index contributed by atoms with van der Waals surface area (Å²) < 4.78 is 32.8. The molecule has 1 aromatic rings. The minimum Gasteiger partial charge on any atom is -0.377 e. The van der Waals surface area contributed by atoms with Gasteiger partial charge in [-0.2, -0.15) is 0 Å². The van der Waals surface area contributed by atoms with Crippen LogP contribution >= 0.6 is 0 Å². The molecule has 0 spiro atoms. The molecule has 0 aliphatic heterocycles. The normalized spacial score (nSPS) is 17.8. The largest absolute Gasteiger partial charge is 0.377 e. The van der Waals surface area contributed by atoms with Crippen LogP contribution in [0, 0.1) is 11.6 Å². The maximum absolute atomic E-state index is 13.5. The third-order valence-corrected chi connectivity index (χ3v) is 3.64. The van der Waals surface area contributed by atoms with Crippen LogP contribution in [-0.4, -0.2) is 19.3 Å². The third kappa shape index (κ3) is 3.98. The van der Waals surface area contributed by atoms with Gasteiger partial charge in [0.15, 0.2) is 0 Å². The van der Waals surface area contributed by atoms with Crippen LogP contribution in [0.25, 0.3) is 0 Å². The summed E-state index contributed by atoms with van der Waals surface area (Å²) in [5.74, 6) is -1.01. The molecule has 1 aliphatic rings. The molecule has 1 fully saturated rings. The van der Waals surface area contributed by atoms with Crippen molar-refractivity contribution in [1.29, 1.82) is 0 Å². The van der Waals surface area contributed by atoms with E-state index in [1.165, 1.54) is 31.0 Å². The molecule has 0 heterocycles. The quantitative estimate of drug-likeness (QED) is 0.797. The van der Waals surface area contributed by atoms with Crippen molar-refractivity contribution < 1.29 is 13.5 Å². The number of rotatable bonds is 6. The first-order valence-corrected chi connectivity index (χ1v) is 6.97. The van der Waals surface area contributed by atoms with Gasteiger partial charge in [-0.1, -0.05) is 18.9 Å². The summed E-state index contributed by atoms with van der Waals surface area (Å²) in [5.41, 5.74) is 0.100. The lowest BCUT2D eigenvalue weighted by atomic mass is 10.1. The molecular formula is C15H21F2NO. The fraction of sp³-hybridized carbons (Fsp3) is 0.600. The lowest BCUT2D eigenvalue weighted by molar-refractivity contribution is 0.0592. The molecular weight excluding hydrogens is 248 g/mol. The highest BCUT2D eigenvalue weighted by molar-refractivity contribution is 5.22. The fourth-order valence-electron chi connectivity index (χ4n) is 2.58. The molecule has 0 amide bonds. The van der Waals surface area contributed by atoms with Crippen LogP contribution in [0.4, 0.5) is 8.78 Å². The van der Waals surface area contributed by atoms with E-state index in [0.29, 0.717) is 19.3 Å². The van der Waals surface area contributed by atoms with Gasteiger partial charge in [-0.05, 0) is 31.9 Å². The highest BCUT2D eigenvalue weighted by atomic mass is 19.1. The molecule has 106 valence electrons. The molecule has 1 aliphatic carbocycles. The van der Waals surface area contributed by atoms with Gasteiger partial charge < -0.3 is 10.1 Å². The van der Waals surface area contributed by atoms with Gasteiger partial charge in [0.25, 0.3) is 0 Å². The molecule has 2 nitrogen and oxygen atoms in total. The zero-order valence-electron chi connectivity index (χ0n) is 11.3. The number of halogens is 2. The standard InChI is InChI=1S/C15H21F2NO/c1-11(15-13(16)7-4-8-14(15)17)18-9-10-19-12-5-2-3-6-12/h4,7-8,11-12,18H,2-3,5-6,9-10H2,1H3. The summed E-state index contributed by atoms with van der Waals surface area (Å²) >= 11 is 0. The smallest absolute Gasteiger partial charge is 0.130 e. The Hall–Kier alpha value is -1.00. The molecule has 1 N–H and O–H groups in total. The second-order valence-corrected chi connectivity index (χ2v) is 5.09. The van der Waals surface area contributed by atoms with Crippen molar-refractivity contribution in [3.8, 4) is 0 Å². The number of benzene rings is 1. The lowest BCUT2D eigenvalue weighted by Gasteiger charge is -2.17. The molecule has 0 aromatic heterocycles. The third-order valence-electron chi connectivity index (χ3n) is 3.64. The van der Waals surface area contributed by atoms with E-state index in [4.69, 9.17) is 4.74 Å². The van der Waals surface area contributed by atoms with E-state index in [1.807, 2.05) is 0 Å². The van der Waals surface area contributed by atoms with Crippen molar-refractivity contribution >= 4 is 0 Å². The molecule has 0 radical (unpaired) electrons. The maximum atomic E-state index is 13.5. The Balaban J connectivity index is 1.76. The molecule has 0 bridgehead atoms.